The van der Waals surface area contributed by atoms with Crippen LogP contribution < -0.4 is 5.56 Å². The molecule has 0 unspecified atom stereocenters. The average molecular weight is 363 g/mol. The van der Waals surface area contributed by atoms with Crippen molar-refractivity contribution in [3.8, 4) is 0 Å². The summed E-state index contributed by atoms with van der Waals surface area (Å²) in [5, 5.41) is 0.632. The molecule has 1 aromatic heterocycles. The number of hydrogen-bond acceptors (Lipinski definition) is 3. The number of para-hydroxylation sites is 1. The maximum absolute atomic E-state index is 13.4. The molecule has 0 aliphatic carbocycles. The van der Waals surface area contributed by atoms with E-state index in [-0.39, 0.29) is 11.4 Å². The molecule has 0 fully saturated rings. The molecule has 27 heavy (non-hydrogen) atoms. The molecule has 1 N–H and O–H groups in total. The highest BCUT2D eigenvalue weighted by Crippen LogP contribution is 2.23. The van der Waals surface area contributed by atoms with E-state index in [1.807, 2.05) is 24.3 Å². The Bertz CT molecular complexity index is 1040. The third-order valence-corrected chi connectivity index (χ3v) is 5.04. The summed E-state index contributed by atoms with van der Waals surface area (Å²) in [5.74, 6) is 0.555. The van der Waals surface area contributed by atoms with E-state index >= 15 is 0 Å². The standard InChI is InChI=1S/C22H22FN3O/c23-18-6-3-5-17(15-18)16-10-13-26(14-11-16)12-4-9-21-24-20-8-2-1-7-19(20)22(27)25-21/h1-3,5-8,10,15H,4,9,11-14H2,(H,24,25,27). The van der Waals surface area contributed by atoms with Crippen LogP contribution in [-0.4, -0.2) is 34.5 Å². The lowest BCUT2D eigenvalue weighted by molar-refractivity contribution is 0.297. The van der Waals surface area contributed by atoms with Crippen molar-refractivity contribution >= 4 is 16.5 Å². The minimum absolute atomic E-state index is 0.0729. The normalized spacial score (nSPS) is 15.1. The molecule has 0 saturated heterocycles. The third kappa shape index (κ3) is 4.14. The van der Waals surface area contributed by atoms with Crippen LogP contribution in [0.2, 0.25) is 0 Å². The van der Waals surface area contributed by atoms with Crippen molar-refractivity contribution < 1.29 is 4.39 Å². The Balaban J connectivity index is 1.33. The van der Waals surface area contributed by atoms with Crippen LogP contribution in [0.3, 0.4) is 0 Å². The van der Waals surface area contributed by atoms with E-state index in [1.165, 1.54) is 11.6 Å². The summed E-state index contributed by atoms with van der Waals surface area (Å²) in [7, 11) is 0. The maximum Gasteiger partial charge on any atom is 0.258 e. The number of rotatable bonds is 5. The van der Waals surface area contributed by atoms with Crippen molar-refractivity contribution in [3.05, 3.63) is 82.2 Å². The molecule has 5 heteroatoms. The van der Waals surface area contributed by atoms with Gasteiger partial charge in [-0.25, -0.2) is 9.37 Å². The molecule has 0 amide bonds. The van der Waals surface area contributed by atoms with Gasteiger partial charge in [0, 0.05) is 19.5 Å². The van der Waals surface area contributed by atoms with E-state index in [0.29, 0.717) is 5.39 Å². The number of aryl methyl sites for hydroxylation is 1. The van der Waals surface area contributed by atoms with E-state index in [1.54, 1.807) is 18.2 Å². The maximum atomic E-state index is 13.4. The first kappa shape index (κ1) is 17.6. The Labute approximate surface area is 157 Å². The minimum Gasteiger partial charge on any atom is -0.310 e. The van der Waals surface area contributed by atoms with Gasteiger partial charge in [-0.2, -0.15) is 0 Å². The number of hydrogen-bond donors (Lipinski definition) is 1. The summed E-state index contributed by atoms with van der Waals surface area (Å²) < 4.78 is 13.4. The highest BCUT2D eigenvalue weighted by atomic mass is 19.1. The van der Waals surface area contributed by atoms with Gasteiger partial charge in [0.2, 0.25) is 0 Å². The van der Waals surface area contributed by atoms with Crippen molar-refractivity contribution in [3.63, 3.8) is 0 Å². The molecule has 138 valence electrons. The molecule has 1 aliphatic heterocycles. The predicted molar refractivity (Wildman–Crippen MR) is 106 cm³/mol. The molecule has 4 nitrogen and oxygen atoms in total. The number of H-pyrrole nitrogens is 1. The fourth-order valence-electron chi connectivity index (χ4n) is 3.59. The first-order valence-corrected chi connectivity index (χ1v) is 9.34. The molecule has 0 spiro atoms. The Hall–Kier alpha value is -2.79. The van der Waals surface area contributed by atoms with E-state index in [9.17, 15) is 9.18 Å². The van der Waals surface area contributed by atoms with Gasteiger partial charge in [0.1, 0.15) is 11.6 Å². The molecule has 0 bridgehead atoms. The van der Waals surface area contributed by atoms with Crippen LogP contribution in [0.1, 0.15) is 24.2 Å². The van der Waals surface area contributed by atoms with Gasteiger partial charge in [0.15, 0.2) is 0 Å². The Morgan fingerprint density at radius 1 is 1.15 bits per heavy atom. The molecule has 4 rings (SSSR count). The van der Waals surface area contributed by atoms with Gasteiger partial charge < -0.3 is 4.98 Å². The summed E-state index contributed by atoms with van der Waals surface area (Å²) in [5.41, 5.74) is 2.87. The molecule has 0 atom stereocenters. The molecular weight excluding hydrogens is 341 g/mol. The van der Waals surface area contributed by atoms with Gasteiger partial charge in [0.05, 0.1) is 10.9 Å². The third-order valence-electron chi connectivity index (χ3n) is 5.04. The second-order valence-corrected chi connectivity index (χ2v) is 6.92. The summed E-state index contributed by atoms with van der Waals surface area (Å²) in [4.78, 5) is 21.9. The van der Waals surface area contributed by atoms with Gasteiger partial charge in [-0.15, -0.1) is 0 Å². The van der Waals surface area contributed by atoms with Gasteiger partial charge >= 0.3 is 0 Å². The number of aromatic amines is 1. The number of aromatic nitrogens is 2. The number of benzene rings is 2. The predicted octanol–water partition coefficient (Wildman–Crippen LogP) is 3.78. The van der Waals surface area contributed by atoms with E-state index in [2.05, 4.69) is 20.9 Å². The number of nitrogens with zero attached hydrogens (tertiary/aromatic N) is 2. The Kier molecular flexibility index (Phi) is 5.12. The summed E-state index contributed by atoms with van der Waals surface area (Å²) in [6.45, 7) is 2.78. The van der Waals surface area contributed by atoms with Crippen LogP contribution in [0.5, 0.6) is 0 Å². The zero-order valence-corrected chi connectivity index (χ0v) is 15.1. The lowest BCUT2D eigenvalue weighted by Crippen LogP contribution is -2.30. The topological polar surface area (TPSA) is 49.0 Å². The minimum atomic E-state index is -0.187. The van der Waals surface area contributed by atoms with Crippen molar-refractivity contribution in [1.82, 2.24) is 14.9 Å². The number of halogens is 1. The van der Waals surface area contributed by atoms with Crippen molar-refractivity contribution in [1.29, 1.82) is 0 Å². The van der Waals surface area contributed by atoms with E-state index in [0.717, 1.165) is 55.8 Å². The molecule has 2 heterocycles. The lowest BCUT2D eigenvalue weighted by atomic mass is 9.99. The van der Waals surface area contributed by atoms with Gasteiger partial charge in [-0.3, -0.25) is 9.69 Å². The van der Waals surface area contributed by atoms with Crippen LogP contribution in [0.15, 0.2) is 59.4 Å². The number of fused-ring (bicyclic) bond motifs is 1. The van der Waals surface area contributed by atoms with Crippen molar-refractivity contribution in [2.24, 2.45) is 0 Å². The smallest absolute Gasteiger partial charge is 0.258 e. The zero-order chi connectivity index (χ0) is 18.6. The molecular formula is C22H22FN3O. The van der Waals surface area contributed by atoms with Gasteiger partial charge in [-0.05, 0) is 54.8 Å². The SMILES string of the molecule is O=c1[nH]c(CCCN2CC=C(c3cccc(F)c3)CC2)nc2ccccc12. The quantitative estimate of drug-likeness (QED) is 0.750. The van der Waals surface area contributed by atoms with Crippen LogP contribution in [-0.2, 0) is 6.42 Å². The van der Waals surface area contributed by atoms with Crippen LogP contribution in [0.25, 0.3) is 16.5 Å². The van der Waals surface area contributed by atoms with Crippen LogP contribution in [0, 0.1) is 5.82 Å². The lowest BCUT2D eigenvalue weighted by Gasteiger charge is -2.26. The Morgan fingerprint density at radius 2 is 2.04 bits per heavy atom. The summed E-state index contributed by atoms with van der Waals surface area (Å²) in [6.07, 6.45) is 4.80. The highest BCUT2D eigenvalue weighted by Gasteiger charge is 2.13. The van der Waals surface area contributed by atoms with Crippen LogP contribution >= 0.6 is 0 Å². The molecule has 1 aliphatic rings. The first-order valence-electron chi connectivity index (χ1n) is 9.34. The second kappa shape index (κ2) is 7.84. The van der Waals surface area contributed by atoms with Crippen LogP contribution in [0.4, 0.5) is 4.39 Å². The molecule has 0 radical (unpaired) electrons. The largest absolute Gasteiger partial charge is 0.310 e. The van der Waals surface area contributed by atoms with Gasteiger partial charge in [0.25, 0.3) is 5.56 Å². The monoisotopic (exact) mass is 363 g/mol. The highest BCUT2D eigenvalue weighted by molar-refractivity contribution is 5.77. The summed E-state index contributed by atoms with van der Waals surface area (Å²) in [6, 6.07) is 14.2. The van der Waals surface area contributed by atoms with Crippen molar-refractivity contribution in [2.75, 3.05) is 19.6 Å². The zero-order valence-electron chi connectivity index (χ0n) is 15.1. The summed E-state index contributed by atoms with van der Waals surface area (Å²) >= 11 is 0. The fourth-order valence-corrected chi connectivity index (χ4v) is 3.59. The second-order valence-electron chi connectivity index (χ2n) is 6.92. The molecule has 0 saturated carbocycles. The first-order chi connectivity index (χ1) is 13.2. The molecule has 3 aromatic rings. The van der Waals surface area contributed by atoms with Crippen molar-refractivity contribution in [2.45, 2.75) is 19.3 Å². The van der Waals surface area contributed by atoms with E-state index < -0.39 is 0 Å². The fraction of sp³-hybridized carbons (Fsp3) is 0.273. The van der Waals surface area contributed by atoms with E-state index in [4.69, 9.17) is 0 Å². The Morgan fingerprint density at radius 3 is 2.85 bits per heavy atom. The average Bonchev–Trinajstić information content (AvgIpc) is 2.69. The number of nitrogens with one attached hydrogen (secondary N) is 1. The van der Waals surface area contributed by atoms with Gasteiger partial charge in [-0.1, -0.05) is 30.3 Å². The molecule has 2 aromatic carbocycles.